The molecule has 2 N–H and O–H groups in total. The quantitative estimate of drug-likeness (QED) is 0.848. The molecule has 20 heavy (non-hydrogen) atoms. The van der Waals surface area contributed by atoms with E-state index in [2.05, 4.69) is 23.7 Å². The van der Waals surface area contributed by atoms with E-state index in [1.54, 1.807) is 12.3 Å². The van der Waals surface area contributed by atoms with Crippen LogP contribution in [0.5, 0.6) is 0 Å². The first-order valence-electron chi connectivity index (χ1n) is 6.76. The summed E-state index contributed by atoms with van der Waals surface area (Å²) in [5, 5.41) is 0. The first kappa shape index (κ1) is 14.1. The van der Waals surface area contributed by atoms with Gasteiger partial charge in [0.25, 0.3) is 0 Å². The topological polar surface area (TPSA) is 59.2 Å². The summed E-state index contributed by atoms with van der Waals surface area (Å²) >= 11 is 0. The number of ketones is 1. The number of nitrogens with two attached hydrogens (primary N) is 1. The number of carbonyl (C=O) groups is 1. The van der Waals surface area contributed by atoms with Crippen molar-refractivity contribution in [3.63, 3.8) is 0 Å². The molecule has 0 aliphatic heterocycles. The van der Waals surface area contributed by atoms with Crippen molar-refractivity contribution < 1.29 is 4.79 Å². The Morgan fingerprint density at radius 2 is 1.80 bits per heavy atom. The van der Waals surface area contributed by atoms with Gasteiger partial charge in [-0.1, -0.05) is 0 Å². The lowest BCUT2D eigenvalue weighted by Gasteiger charge is -2.21. The summed E-state index contributed by atoms with van der Waals surface area (Å²) in [5.41, 5.74) is 8.45. The highest BCUT2D eigenvalue weighted by atomic mass is 16.1. The smallest absolute Gasteiger partial charge is 0.195 e. The van der Waals surface area contributed by atoms with Crippen molar-refractivity contribution in [2.24, 2.45) is 0 Å². The monoisotopic (exact) mass is 269 g/mol. The van der Waals surface area contributed by atoms with Gasteiger partial charge >= 0.3 is 0 Å². The molecule has 0 atom stereocenters. The zero-order valence-electron chi connectivity index (χ0n) is 11.8. The molecular weight excluding hydrogens is 250 g/mol. The predicted molar refractivity (Wildman–Crippen MR) is 82.1 cm³/mol. The molecule has 0 unspecified atom stereocenters. The fourth-order valence-corrected chi connectivity index (χ4v) is 2.18. The molecule has 104 valence electrons. The maximum absolute atomic E-state index is 12.4. The highest BCUT2D eigenvalue weighted by Gasteiger charge is 2.12. The Kier molecular flexibility index (Phi) is 4.35. The molecule has 4 heteroatoms. The SMILES string of the molecule is CCN(CC)c1ccc(C(=O)c2ccncc2N)cc1. The van der Waals surface area contributed by atoms with Crippen LogP contribution < -0.4 is 10.6 Å². The maximum atomic E-state index is 12.4. The molecule has 2 rings (SSSR count). The molecular formula is C16H19N3O. The molecule has 0 aliphatic rings. The van der Waals surface area contributed by atoms with Gasteiger partial charge in [0.15, 0.2) is 5.78 Å². The molecule has 0 saturated heterocycles. The minimum absolute atomic E-state index is 0.0732. The lowest BCUT2D eigenvalue weighted by atomic mass is 10.0. The van der Waals surface area contributed by atoms with Gasteiger partial charge in [-0.2, -0.15) is 0 Å². The molecule has 0 radical (unpaired) electrons. The number of hydrogen-bond donors (Lipinski definition) is 1. The van der Waals surface area contributed by atoms with Crippen LogP contribution in [-0.4, -0.2) is 23.9 Å². The second-order valence-electron chi connectivity index (χ2n) is 4.51. The third kappa shape index (κ3) is 2.79. The van der Waals surface area contributed by atoms with E-state index in [0.717, 1.165) is 18.8 Å². The van der Waals surface area contributed by atoms with Crippen LogP contribution in [0.25, 0.3) is 0 Å². The van der Waals surface area contributed by atoms with Crippen molar-refractivity contribution in [2.75, 3.05) is 23.7 Å². The normalized spacial score (nSPS) is 10.3. The number of nitrogens with zero attached hydrogens (tertiary/aromatic N) is 2. The number of aromatic nitrogens is 1. The van der Waals surface area contributed by atoms with Gasteiger partial charge in [0.1, 0.15) is 0 Å². The Morgan fingerprint density at radius 1 is 1.15 bits per heavy atom. The van der Waals surface area contributed by atoms with Crippen LogP contribution in [0.2, 0.25) is 0 Å². The minimum atomic E-state index is -0.0732. The van der Waals surface area contributed by atoms with E-state index in [1.807, 2.05) is 24.3 Å². The molecule has 0 spiro atoms. The predicted octanol–water partition coefficient (Wildman–Crippen LogP) is 2.74. The van der Waals surface area contributed by atoms with Crippen molar-refractivity contribution in [1.82, 2.24) is 4.98 Å². The second kappa shape index (κ2) is 6.19. The van der Waals surface area contributed by atoms with E-state index in [9.17, 15) is 4.79 Å². The number of hydrogen-bond acceptors (Lipinski definition) is 4. The van der Waals surface area contributed by atoms with E-state index in [4.69, 9.17) is 5.73 Å². The lowest BCUT2D eigenvalue weighted by molar-refractivity contribution is 0.103. The first-order valence-corrected chi connectivity index (χ1v) is 6.76. The van der Waals surface area contributed by atoms with Crippen molar-refractivity contribution in [3.8, 4) is 0 Å². The van der Waals surface area contributed by atoms with Crippen LogP contribution >= 0.6 is 0 Å². The van der Waals surface area contributed by atoms with Crippen LogP contribution in [0.3, 0.4) is 0 Å². The molecule has 0 bridgehead atoms. The van der Waals surface area contributed by atoms with E-state index in [0.29, 0.717) is 16.8 Å². The summed E-state index contributed by atoms with van der Waals surface area (Å²) in [6.45, 7) is 6.11. The van der Waals surface area contributed by atoms with E-state index in [-0.39, 0.29) is 5.78 Å². The van der Waals surface area contributed by atoms with Crippen LogP contribution in [0.4, 0.5) is 11.4 Å². The van der Waals surface area contributed by atoms with Crippen LogP contribution in [0, 0.1) is 0 Å². The minimum Gasteiger partial charge on any atom is -0.397 e. The van der Waals surface area contributed by atoms with Gasteiger partial charge < -0.3 is 10.6 Å². The lowest BCUT2D eigenvalue weighted by Crippen LogP contribution is -2.21. The van der Waals surface area contributed by atoms with Gasteiger partial charge in [-0.25, -0.2) is 0 Å². The zero-order valence-corrected chi connectivity index (χ0v) is 11.8. The summed E-state index contributed by atoms with van der Waals surface area (Å²) in [7, 11) is 0. The molecule has 0 amide bonds. The average molecular weight is 269 g/mol. The highest BCUT2D eigenvalue weighted by Crippen LogP contribution is 2.19. The van der Waals surface area contributed by atoms with Gasteiger partial charge in [0, 0.05) is 36.1 Å². The van der Waals surface area contributed by atoms with Crippen LogP contribution in [-0.2, 0) is 0 Å². The average Bonchev–Trinajstić information content (AvgIpc) is 2.49. The summed E-state index contributed by atoms with van der Waals surface area (Å²) in [5.74, 6) is -0.0732. The molecule has 1 aromatic carbocycles. The van der Waals surface area contributed by atoms with Crippen LogP contribution in [0.1, 0.15) is 29.8 Å². The number of rotatable bonds is 5. The van der Waals surface area contributed by atoms with Crippen molar-refractivity contribution in [1.29, 1.82) is 0 Å². The van der Waals surface area contributed by atoms with Gasteiger partial charge in [-0.05, 0) is 44.2 Å². The van der Waals surface area contributed by atoms with Crippen LogP contribution in [0.15, 0.2) is 42.7 Å². The number of benzene rings is 1. The zero-order chi connectivity index (χ0) is 14.5. The Morgan fingerprint density at radius 3 is 2.35 bits per heavy atom. The first-order chi connectivity index (χ1) is 9.67. The fraction of sp³-hybridized carbons (Fsp3) is 0.250. The van der Waals surface area contributed by atoms with E-state index in [1.165, 1.54) is 6.20 Å². The number of anilines is 2. The van der Waals surface area contributed by atoms with Gasteiger partial charge in [-0.15, -0.1) is 0 Å². The largest absolute Gasteiger partial charge is 0.397 e. The summed E-state index contributed by atoms with van der Waals surface area (Å²) < 4.78 is 0. The van der Waals surface area contributed by atoms with Crippen molar-refractivity contribution in [3.05, 3.63) is 53.9 Å². The van der Waals surface area contributed by atoms with Gasteiger partial charge in [0.2, 0.25) is 0 Å². The third-order valence-corrected chi connectivity index (χ3v) is 3.35. The third-order valence-electron chi connectivity index (χ3n) is 3.35. The molecule has 1 aromatic heterocycles. The Balaban J connectivity index is 2.26. The van der Waals surface area contributed by atoms with E-state index < -0.39 is 0 Å². The molecule has 0 aliphatic carbocycles. The molecule has 0 saturated carbocycles. The molecule has 4 nitrogen and oxygen atoms in total. The Bertz CT molecular complexity index is 589. The number of nitrogen functional groups attached to an aromatic ring is 1. The standard InChI is InChI=1S/C16H19N3O/c1-3-19(4-2)13-7-5-12(6-8-13)16(20)14-9-10-18-11-15(14)17/h5-11H,3-4,17H2,1-2H3. The highest BCUT2D eigenvalue weighted by molar-refractivity contribution is 6.12. The summed E-state index contributed by atoms with van der Waals surface area (Å²) in [4.78, 5) is 18.5. The molecule has 1 heterocycles. The Hall–Kier alpha value is -2.36. The molecule has 2 aromatic rings. The van der Waals surface area contributed by atoms with Gasteiger partial charge in [-0.3, -0.25) is 9.78 Å². The molecule has 0 fully saturated rings. The second-order valence-corrected chi connectivity index (χ2v) is 4.51. The summed E-state index contributed by atoms with van der Waals surface area (Å²) in [6.07, 6.45) is 3.07. The van der Waals surface area contributed by atoms with Crippen molar-refractivity contribution >= 4 is 17.2 Å². The number of carbonyl (C=O) groups excluding carboxylic acids is 1. The van der Waals surface area contributed by atoms with Gasteiger partial charge in [0.05, 0.1) is 11.9 Å². The summed E-state index contributed by atoms with van der Waals surface area (Å²) in [6, 6.07) is 9.27. The maximum Gasteiger partial charge on any atom is 0.195 e. The Labute approximate surface area is 119 Å². The van der Waals surface area contributed by atoms with E-state index >= 15 is 0 Å². The number of pyridine rings is 1. The fourth-order valence-electron chi connectivity index (χ4n) is 2.18. The van der Waals surface area contributed by atoms with Crippen molar-refractivity contribution in [2.45, 2.75) is 13.8 Å².